The molecule has 0 aromatic heterocycles. The third kappa shape index (κ3) is 7.91. The van der Waals surface area contributed by atoms with Gasteiger partial charge in [-0.05, 0) is 24.3 Å². The van der Waals surface area contributed by atoms with Crippen molar-refractivity contribution in [3.8, 4) is 0 Å². The van der Waals surface area contributed by atoms with Crippen LogP contribution in [0.25, 0.3) is 0 Å². The summed E-state index contributed by atoms with van der Waals surface area (Å²) in [5.41, 5.74) is 0. The summed E-state index contributed by atoms with van der Waals surface area (Å²) in [5.74, 6) is 1.90. The molecule has 15 heavy (non-hydrogen) atoms. The number of hydrogen-bond donors (Lipinski definition) is 1. The van der Waals surface area contributed by atoms with Gasteiger partial charge in [0.25, 0.3) is 0 Å². The van der Waals surface area contributed by atoms with Gasteiger partial charge in [0.2, 0.25) is 0 Å². The van der Waals surface area contributed by atoms with Crippen molar-refractivity contribution in [1.29, 1.82) is 0 Å². The molecule has 0 N–H and O–H groups in total. The van der Waals surface area contributed by atoms with Crippen LogP contribution in [0.5, 0.6) is 0 Å². The van der Waals surface area contributed by atoms with Crippen molar-refractivity contribution in [3.63, 3.8) is 0 Å². The Morgan fingerprint density at radius 1 is 1.47 bits per heavy atom. The molecule has 0 radical (unpaired) electrons. The predicted molar refractivity (Wildman–Crippen MR) is 69.9 cm³/mol. The Morgan fingerprint density at radius 2 is 2.20 bits per heavy atom. The fourth-order valence-corrected chi connectivity index (χ4v) is 2.81. The van der Waals surface area contributed by atoms with Gasteiger partial charge in [-0.25, -0.2) is 0 Å². The highest BCUT2D eigenvalue weighted by Gasteiger charge is 2.17. The molecule has 0 amide bonds. The Labute approximate surface area is 102 Å². The van der Waals surface area contributed by atoms with Crippen LogP contribution in [0.15, 0.2) is 0 Å². The zero-order valence-electron chi connectivity index (χ0n) is 9.28. The lowest BCUT2D eigenvalue weighted by atomic mass is 10.1. The minimum atomic E-state index is 0.0232. The summed E-state index contributed by atoms with van der Waals surface area (Å²) in [7, 11) is 0. The number of hydrogen-bond acceptors (Lipinski definition) is 4. The lowest BCUT2D eigenvalue weighted by Crippen LogP contribution is -2.18. The molecule has 2 nitrogen and oxygen atoms in total. The molecule has 0 spiro atoms. The Bertz CT molecular complexity index is 183. The van der Waals surface area contributed by atoms with Crippen molar-refractivity contribution in [3.05, 3.63) is 0 Å². The van der Waals surface area contributed by atoms with Crippen molar-refractivity contribution >= 4 is 36.5 Å². The van der Waals surface area contributed by atoms with E-state index >= 15 is 0 Å². The highest BCUT2D eigenvalue weighted by Crippen LogP contribution is 2.20. The van der Waals surface area contributed by atoms with Crippen LogP contribution in [-0.2, 0) is 9.59 Å². The third-order valence-electron chi connectivity index (χ3n) is 2.08. The molecular weight excluding hydrogens is 228 g/mol. The van der Waals surface area contributed by atoms with Crippen LogP contribution in [0, 0.1) is 0 Å². The van der Waals surface area contributed by atoms with Gasteiger partial charge in [-0.1, -0.05) is 19.8 Å². The monoisotopic (exact) mass is 248 g/mol. The van der Waals surface area contributed by atoms with E-state index in [1.807, 2.05) is 0 Å². The van der Waals surface area contributed by atoms with Crippen LogP contribution in [0.3, 0.4) is 0 Å². The minimum absolute atomic E-state index is 0.0232. The van der Waals surface area contributed by atoms with Gasteiger partial charge in [0.05, 0.1) is 11.7 Å². The van der Waals surface area contributed by atoms with Gasteiger partial charge in [-0.3, -0.25) is 4.79 Å². The van der Waals surface area contributed by atoms with E-state index in [2.05, 4.69) is 19.6 Å². The second-order valence-electron chi connectivity index (χ2n) is 3.42. The molecule has 0 bridgehead atoms. The Morgan fingerprint density at radius 3 is 2.73 bits per heavy atom. The minimum Gasteiger partial charge on any atom is -0.303 e. The SMILES string of the molecule is CCCCC(SCCCS)C(=O)CC=O. The van der Waals surface area contributed by atoms with E-state index in [1.54, 1.807) is 11.8 Å². The van der Waals surface area contributed by atoms with E-state index in [0.29, 0.717) is 6.29 Å². The summed E-state index contributed by atoms with van der Waals surface area (Å²) >= 11 is 5.81. The highest BCUT2D eigenvalue weighted by molar-refractivity contribution is 8.00. The van der Waals surface area contributed by atoms with Gasteiger partial charge >= 0.3 is 0 Å². The summed E-state index contributed by atoms with van der Waals surface area (Å²) in [4.78, 5) is 21.9. The normalized spacial score (nSPS) is 12.4. The molecule has 0 aliphatic carbocycles. The van der Waals surface area contributed by atoms with E-state index in [-0.39, 0.29) is 17.5 Å². The van der Waals surface area contributed by atoms with Gasteiger partial charge < -0.3 is 4.79 Å². The van der Waals surface area contributed by atoms with Gasteiger partial charge in [-0.15, -0.1) is 0 Å². The molecule has 0 aliphatic rings. The number of carbonyl (C=O) groups is 2. The topological polar surface area (TPSA) is 34.1 Å². The summed E-state index contributed by atoms with van der Waals surface area (Å²) in [6, 6.07) is 0. The number of unbranched alkanes of at least 4 members (excludes halogenated alkanes) is 1. The van der Waals surface area contributed by atoms with E-state index in [0.717, 1.165) is 37.2 Å². The number of ketones is 1. The smallest absolute Gasteiger partial charge is 0.152 e. The fraction of sp³-hybridized carbons (Fsp3) is 0.818. The van der Waals surface area contributed by atoms with Gasteiger partial charge in [0, 0.05) is 0 Å². The van der Waals surface area contributed by atoms with E-state index in [4.69, 9.17) is 0 Å². The Hall–Kier alpha value is 0.0400. The molecule has 4 heteroatoms. The lowest BCUT2D eigenvalue weighted by molar-refractivity contribution is -0.121. The first-order valence-electron chi connectivity index (χ1n) is 5.45. The fourth-order valence-electron chi connectivity index (χ4n) is 1.23. The molecule has 0 rings (SSSR count). The molecule has 0 heterocycles. The van der Waals surface area contributed by atoms with Crippen molar-refractivity contribution in [1.82, 2.24) is 0 Å². The molecule has 0 saturated carbocycles. The maximum Gasteiger partial charge on any atom is 0.152 e. The molecular formula is C11H20O2S2. The molecule has 0 fully saturated rings. The number of aldehydes is 1. The second-order valence-corrected chi connectivity index (χ2v) is 5.17. The summed E-state index contributed by atoms with van der Waals surface area (Å²) in [5, 5.41) is 0.0232. The van der Waals surface area contributed by atoms with Gasteiger partial charge in [0.15, 0.2) is 5.78 Å². The second kappa shape index (κ2) is 10.6. The number of thioether (sulfide) groups is 1. The van der Waals surface area contributed by atoms with Crippen molar-refractivity contribution in [2.75, 3.05) is 11.5 Å². The summed E-state index contributed by atoms with van der Waals surface area (Å²) in [6.45, 7) is 2.11. The first-order chi connectivity index (χ1) is 7.26. The first-order valence-corrected chi connectivity index (χ1v) is 7.13. The maximum atomic E-state index is 11.6. The molecule has 0 aromatic rings. The number of carbonyl (C=O) groups excluding carboxylic acids is 2. The largest absolute Gasteiger partial charge is 0.303 e. The Kier molecular flexibility index (Phi) is 10.6. The van der Waals surface area contributed by atoms with E-state index < -0.39 is 0 Å². The number of Topliss-reactive ketones (excluding diaryl/α,β-unsaturated/α-hetero) is 1. The van der Waals surface area contributed by atoms with Crippen LogP contribution in [0.4, 0.5) is 0 Å². The first kappa shape index (κ1) is 15.0. The van der Waals surface area contributed by atoms with Crippen LogP contribution in [0.2, 0.25) is 0 Å². The number of rotatable bonds is 10. The standard InChI is InChI=1S/C11H20O2S2/c1-2-3-5-11(10(13)6-7-12)15-9-4-8-14/h7,11,14H,2-6,8-9H2,1H3. The van der Waals surface area contributed by atoms with E-state index in [9.17, 15) is 9.59 Å². The molecule has 1 unspecified atom stereocenters. The van der Waals surface area contributed by atoms with Crippen LogP contribution < -0.4 is 0 Å². The molecule has 1 atom stereocenters. The van der Waals surface area contributed by atoms with Gasteiger partial charge in [0.1, 0.15) is 6.29 Å². The average Bonchev–Trinajstić information content (AvgIpc) is 2.23. The van der Waals surface area contributed by atoms with E-state index in [1.165, 1.54) is 0 Å². The van der Waals surface area contributed by atoms with Crippen LogP contribution in [0.1, 0.15) is 39.0 Å². The zero-order chi connectivity index (χ0) is 11.5. The lowest BCUT2D eigenvalue weighted by Gasteiger charge is -2.13. The molecule has 0 aliphatic heterocycles. The average molecular weight is 248 g/mol. The maximum absolute atomic E-state index is 11.6. The van der Waals surface area contributed by atoms with Crippen molar-refractivity contribution in [2.24, 2.45) is 0 Å². The summed E-state index contributed by atoms with van der Waals surface area (Å²) < 4.78 is 0. The molecule has 0 saturated heterocycles. The van der Waals surface area contributed by atoms with Crippen molar-refractivity contribution in [2.45, 2.75) is 44.3 Å². The molecule has 88 valence electrons. The van der Waals surface area contributed by atoms with Crippen molar-refractivity contribution < 1.29 is 9.59 Å². The van der Waals surface area contributed by atoms with Crippen LogP contribution in [-0.4, -0.2) is 28.8 Å². The Balaban J connectivity index is 3.92. The third-order valence-corrected chi connectivity index (χ3v) is 3.83. The quantitative estimate of drug-likeness (QED) is 0.279. The van der Waals surface area contributed by atoms with Gasteiger partial charge in [-0.2, -0.15) is 24.4 Å². The zero-order valence-corrected chi connectivity index (χ0v) is 11.0. The highest BCUT2D eigenvalue weighted by atomic mass is 32.2. The molecule has 0 aromatic carbocycles. The van der Waals surface area contributed by atoms with Crippen LogP contribution >= 0.6 is 24.4 Å². The number of thiol groups is 1. The predicted octanol–water partition coefficient (Wildman–Crippen LogP) is 2.76. The summed E-state index contributed by atoms with van der Waals surface area (Å²) in [6.07, 6.45) is 4.86.